The quantitative estimate of drug-likeness (QED) is 0.482. The second-order valence-corrected chi connectivity index (χ2v) is 8.48. The predicted octanol–water partition coefficient (Wildman–Crippen LogP) is 5.14. The van der Waals surface area contributed by atoms with Gasteiger partial charge in [0.2, 0.25) is 0 Å². The lowest BCUT2D eigenvalue weighted by Gasteiger charge is -2.40. The minimum absolute atomic E-state index is 0.0620. The van der Waals surface area contributed by atoms with Crippen molar-refractivity contribution in [1.82, 2.24) is 0 Å². The smallest absolute Gasteiger partial charge is 0.0893 e. The molecule has 3 aromatic carbocycles. The van der Waals surface area contributed by atoms with Crippen molar-refractivity contribution < 1.29 is 19.3 Å². The summed E-state index contributed by atoms with van der Waals surface area (Å²) in [6, 6.07) is 30.5. The van der Waals surface area contributed by atoms with E-state index in [9.17, 15) is 5.11 Å². The van der Waals surface area contributed by atoms with E-state index < -0.39 is 6.10 Å². The van der Waals surface area contributed by atoms with Crippen LogP contribution in [-0.2, 0) is 34.0 Å². The Balaban J connectivity index is 1.42. The van der Waals surface area contributed by atoms with Gasteiger partial charge < -0.3 is 19.3 Å². The van der Waals surface area contributed by atoms with Crippen molar-refractivity contribution in [3.05, 3.63) is 108 Å². The van der Waals surface area contributed by atoms with Gasteiger partial charge in [-0.1, -0.05) is 91.0 Å². The summed E-state index contributed by atoms with van der Waals surface area (Å²) in [5.74, 6) is 0.0620. The van der Waals surface area contributed by atoms with E-state index in [-0.39, 0.29) is 18.1 Å². The molecule has 0 aliphatic heterocycles. The number of aliphatic hydroxyl groups excluding tert-OH is 1. The highest BCUT2D eigenvalue weighted by Crippen LogP contribution is 2.31. The molecule has 4 heteroatoms. The van der Waals surface area contributed by atoms with Crippen molar-refractivity contribution in [2.24, 2.45) is 5.92 Å². The van der Waals surface area contributed by atoms with Gasteiger partial charge >= 0.3 is 0 Å². The maximum atomic E-state index is 10.6. The molecule has 4 atom stereocenters. The van der Waals surface area contributed by atoms with Crippen molar-refractivity contribution >= 4 is 0 Å². The molecule has 1 aliphatic rings. The molecule has 0 amide bonds. The van der Waals surface area contributed by atoms with Gasteiger partial charge in [0.15, 0.2) is 0 Å². The Hall–Kier alpha value is -2.50. The largest absolute Gasteiger partial charge is 0.393 e. The number of rotatable bonds is 10. The Morgan fingerprint density at radius 2 is 1.12 bits per heavy atom. The number of ether oxygens (including phenoxy) is 3. The van der Waals surface area contributed by atoms with Crippen molar-refractivity contribution in [2.75, 3.05) is 6.61 Å². The van der Waals surface area contributed by atoms with E-state index in [1.807, 2.05) is 54.6 Å². The lowest BCUT2D eigenvalue weighted by Crippen LogP contribution is -2.47. The van der Waals surface area contributed by atoms with Crippen molar-refractivity contribution in [3.8, 4) is 0 Å². The van der Waals surface area contributed by atoms with Crippen LogP contribution in [0.15, 0.2) is 91.0 Å². The van der Waals surface area contributed by atoms with Crippen molar-refractivity contribution in [1.29, 1.82) is 0 Å². The van der Waals surface area contributed by atoms with Crippen LogP contribution < -0.4 is 0 Å². The summed E-state index contributed by atoms with van der Waals surface area (Å²) in [5.41, 5.74) is 3.39. The molecule has 1 N–H and O–H groups in total. The van der Waals surface area contributed by atoms with E-state index in [4.69, 9.17) is 14.2 Å². The molecule has 0 spiro atoms. The maximum absolute atomic E-state index is 10.6. The van der Waals surface area contributed by atoms with Gasteiger partial charge in [-0.25, -0.2) is 0 Å². The SMILES string of the molecule is O[C@H]1CC(COCc2ccccc2)[C@@H](OCc2ccccc2)C(OCc2ccccc2)C1. The normalized spacial score (nSPS) is 23.2. The van der Waals surface area contributed by atoms with Crippen LogP contribution in [0.2, 0.25) is 0 Å². The van der Waals surface area contributed by atoms with E-state index in [0.29, 0.717) is 39.3 Å². The average molecular weight is 433 g/mol. The first-order valence-electron chi connectivity index (χ1n) is 11.4. The van der Waals surface area contributed by atoms with Gasteiger partial charge in [0.05, 0.1) is 44.7 Å². The average Bonchev–Trinajstić information content (AvgIpc) is 2.84. The number of hydrogen-bond donors (Lipinski definition) is 1. The fraction of sp³-hybridized carbons (Fsp3) is 0.357. The minimum Gasteiger partial charge on any atom is -0.393 e. The van der Waals surface area contributed by atoms with Crippen molar-refractivity contribution in [2.45, 2.75) is 51.0 Å². The molecular weight excluding hydrogens is 400 g/mol. The van der Waals surface area contributed by atoms with Gasteiger partial charge in [-0.05, 0) is 23.1 Å². The molecule has 4 rings (SSSR count). The molecule has 1 aliphatic carbocycles. The summed E-state index contributed by atoms with van der Waals surface area (Å²) in [4.78, 5) is 0. The minimum atomic E-state index is -0.419. The zero-order chi connectivity index (χ0) is 22.0. The first kappa shape index (κ1) is 22.7. The topological polar surface area (TPSA) is 47.9 Å². The van der Waals surface area contributed by atoms with Gasteiger partial charge in [0, 0.05) is 12.3 Å². The Kier molecular flexibility index (Phi) is 8.46. The monoisotopic (exact) mass is 432 g/mol. The van der Waals surface area contributed by atoms with Crippen LogP contribution in [0.25, 0.3) is 0 Å². The molecule has 1 fully saturated rings. The molecule has 0 radical (unpaired) electrons. The molecule has 1 saturated carbocycles. The molecule has 3 aromatic rings. The third-order valence-electron chi connectivity index (χ3n) is 5.95. The van der Waals surface area contributed by atoms with Gasteiger partial charge in [0.1, 0.15) is 0 Å². The fourth-order valence-corrected chi connectivity index (χ4v) is 4.30. The van der Waals surface area contributed by atoms with Crippen LogP contribution in [0.1, 0.15) is 29.5 Å². The number of benzene rings is 3. The highest BCUT2D eigenvalue weighted by molar-refractivity contribution is 5.15. The van der Waals surface area contributed by atoms with Crippen LogP contribution in [-0.4, -0.2) is 30.0 Å². The van der Waals surface area contributed by atoms with Crippen molar-refractivity contribution in [3.63, 3.8) is 0 Å². The van der Waals surface area contributed by atoms with Gasteiger partial charge in [-0.3, -0.25) is 0 Å². The summed E-state index contributed by atoms with van der Waals surface area (Å²) in [6.45, 7) is 2.09. The summed E-state index contributed by atoms with van der Waals surface area (Å²) < 4.78 is 18.8. The lowest BCUT2D eigenvalue weighted by molar-refractivity contribution is -0.161. The first-order chi connectivity index (χ1) is 15.8. The molecular formula is C28H32O4. The van der Waals surface area contributed by atoms with Crippen LogP contribution >= 0.6 is 0 Å². The molecule has 168 valence electrons. The Morgan fingerprint density at radius 3 is 1.69 bits per heavy atom. The standard InChI is InChI=1S/C28H32O4/c29-26-16-25(21-30-18-22-10-4-1-5-11-22)28(32-20-24-14-8-3-9-15-24)27(17-26)31-19-23-12-6-2-7-13-23/h1-15,25-29H,16-21H2/t25?,26-,27?,28+/m0/s1. The predicted molar refractivity (Wildman–Crippen MR) is 125 cm³/mol. The van der Waals surface area contributed by atoms with E-state index in [0.717, 1.165) is 16.7 Å². The lowest BCUT2D eigenvalue weighted by atomic mass is 9.82. The van der Waals surface area contributed by atoms with E-state index in [1.165, 1.54) is 0 Å². The van der Waals surface area contributed by atoms with Crippen LogP contribution in [0.4, 0.5) is 0 Å². The molecule has 0 bridgehead atoms. The Bertz CT molecular complexity index is 900. The molecule has 2 unspecified atom stereocenters. The summed E-state index contributed by atoms with van der Waals surface area (Å²) in [7, 11) is 0. The van der Waals surface area contributed by atoms with Crippen LogP contribution in [0, 0.1) is 5.92 Å². The fourth-order valence-electron chi connectivity index (χ4n) is 4.30. The van der Waals surface area contributed by atoms with E-state index in [2.05, 4.69) is 36.4 Å². The molecule has 0 heterocycles. The summed E-state index contributed by atoms with van der Waals surface area (Å²) >= 11 is 0. The maximum Gasteiger partial charge on any atom is 0.0893 e. The first-order valence-corrected chi connectivity index (χ1v) is 11.4. The van der Waals surface area contributed by atoms with Crippen LogP contribution in [0.3, 0.4) is 0 Å². The Morgan fingerprint density at radius 1 is 0.625 bits per heavy atom. The number of hydrogen-bond acceptors (Lipinski definition) is 4. The van der Waals surface area contributed by atoms with Gasteiger partial charge in [-0.15, -0.1) is 0 Å². The zero-order valence-electron chi connectivity index (χ0n) is 18.4. The van der Waals surface area contributed by atoms with Gasteiger partial charge in [0.25, 0.3) is 0 Å². The summed E-state index contributed by atoms with van der Waals surface area (Å²) in [5, 5.41) is 10.6. The highest BCUT2D eigenvalue weighted by atomic mass is 16.5. The number of aliphatic hydroxyl groups is 1. The second kappa shape index (κ2) is 11.9. The molecule has 4 nitrogen and oxygen atoms in total. The van der Waals surface area contributed by atoms with E-state index in [1.54, 1.807) is 0 Å². The third kappa shape index (κ3) is 6.75. The Labute approximate surface area is 190 Å². The second-order valence-electron chi connectivity index (χ2n) is 8.48. The van der Waals surface area contributed by atoms with Crippen LogP contribution in [0.5, 0.6) is 0 Å². The third-order valence-corrected chi connectivity index (χ3v) is 5.95. The zero-order valence-corrected chi connectivity index (χ0v) is 18.4. The molecule has 32 heavy (non-hydrogen) atoms. The highest BCUT2D eigenvalue weighted by Gasteiger charge is 2.39. The summed E-state index contributed by atoms with van der Waals surface area (Å²) in [6.07, 6.45) is 0.477. The molecule has 0 aromatic heterocycles. The van der Waals surface area contributed by atoms with E-state index >= 15 is 0 Å². The van der Waals surface area contributed by atoms with Gasteiger partial charge in [-0.2, -0.15) is 0 Å². The molecule has 0 saturated heterocycles.